The van der Waals surface area contributed by atoms with Gasteiger partial charge < -0.3 is 0 Å². The van der Waals surface area contributed by atoms with Gasteiger partial charge in [0.1, 0.15) is 0 Å². The Morgan fingerprint density at radius 2 is 2.00 bits per heavy atom. The fourth-order valence-corrected chi connectivity index (χ4v) is 2.75. The molecule has 1 atom stereocenters. The second kappa shape index (κ2) is 7.09. The molecule has 1 aliphatic rings. The van der Waals surface area contributed by atoms with Crippen molar-refractivity contribution in [1.29, 1.82) is 0 Å². The Bertz CT molecular complexity index is 151. The van der Waals surface area contributed by atoms with Crippen LogP contribution in [0.4, 0.5) is 0 Å². The van der Waals surface area contributed by atoms with Gasteiger partial charge in [-0.25, -0.2) is 0 Å². The van der Waals surface area contributed by atoms with E-state index in [1.54, 1.807) is 0 Å². The van der Waals surface area contributed by atoms with Gasteiger partial charge in [-0.15, -0.1) is 0 Å². The molecule has 1 fully saturated rings. The van der Waals surface area contributed by atoms with Crippen LogP contribution in [-0.2, 0) is 0 Å². The topological polar surface area (TPSA) is 0 Å². The van der Waals surface area contributed by atoms with Crippen LogP contribution in [0.1, 0.15) is 65.2 Å². The van der Waals surface area contributed by atoms with E-state index in [1.165, 1.54) is 51.4 Å². The quantitative estimate of drug-likeness (QED) is 0.525. The van der Waals surface area contributed by atoms with E-state index >= 15 is 0 Å². The number of hydrogen-bond acceptors (Lipinski definition) is 0. The molecule has 0 aromatic carbocycles. The first-order valence-corrected chi connectivity index (χ1v) is 6.49. The first kappa shape index (κ1) is 11.8. The number of unbranched alkanes of at least 4 members (excludes halogenated alkanes) is 1. The lowest BCUT2D eigenvalue weighted by atomic mass is 9.84. The summed E-state index contributed by atoms with van der Waals surface area (Å²) in [6.07, 6.45) is 16.2. The Labute approximate surface area is 89.8 Å². The summed E-state index contributed by atoms with van der Waals surface area (Å²) in [7, 11) is 0. The molecule has 0 heteroatoms. The second-order valence-corrected chi connectivity index (χ2v) is 4.75. The molecular formula is C14H26. The highest BCUT2D eigenvalue weighted by Crippen LogP contribution is 2.35. The lowest BCUT2D eigenvalue weighted by Crippen LogP contribution is -2.10. The highest BCUT2D eigenvalue weighted by atomic mass is 14.3. The van der Waals surface area contributed by atoms with Gasteiger partial charge >= 0.3 is 0 Å². The SMILES string of the molecule is CC=CCC(CCCC)C1CCCC1. The van der Waals surface area contributed by atoms with Crippen molar-refractivity contribution in [3.8, 4) is 0 Å². The van der Waals surface area contributed by atoms with Gasteiger partial charge in [-0.2, -0.15) is 0 Å². The van der Waals surface area contributed by atoms with Crippen LogP contribution in [-0.4, -0.2) is 0 Å². The smallest absolute Gasteiger partial charge is 0.0320 e. The Balaban J connectivity index is 2.33. The van der Waals surface area contributed by atoms with E-state index in [2.05, 4.69) is 26.0 Å². The highest BCUT2D eigenvalue weighted by Gasteiger charge is 2.23. The maximum absolute atomic E-state index is 2.37. The average Bonchev–Trinajstić information content (AvgIpc) is 2.71. The van der Waals surface area contributed by atoms with Gasteiger partial charge in [0.05, 0.1) is 0 Å². The lowest BCUT2D eigenvalue weighted by molar-refractivity contribution is 0.313. The van der Waals surface area contributed by atoms with Gasteiger partial charge in [-0.05, 0) is 31.6 Å². The highest BCUT2D eigenvalue weighted by molar-refractivity contribution is 4.85. The fraction of sp³-hybridized carbons (Fsp3) is 0.857. The summed E-state index contributed by atoms with van der Waals surface area (Å²) < 4.78 is 0. The van der Waals surface area contributed by atoms with Crippen LogP contribution in [0.2, 0.25) is 0 Å². The Morgan fingerprint density at radius 1 is 1.29 bits per heavy atom. The number of hydrogen-bond donors (Lipinski definition) is 0. The first-order chi connectivity index (χ1) is 6.88. The Hall–Kier alpha value is -0.260. The fourth-order valence-electron chi connectivity index (χ4n) is 2.75. The molecule has 1 rings (SSSR count). The molecule has 0 nitrogen and oxygen atoms in total. The zero-order valence-corrected chi connectivity index (χ0v) is 9.97. The average molecular weight is 194 g/mol. The molecule has 0 radical (unpaired) electrons. The Kier molecular flexibility index (Phi) is 5.98. The predicted octanol–water partition coefficient (Wildman–Crippen LogP) is 4.95. The second-order valence-electron chi connectivity index (χ2n) is 4.75. The normalized spacial score (nSPS) is 20.7. The number of rotatable bonds is 6. The minimum atomic E-state index is 0.994. The lowest BCUT2D eigenvalue weighted by Gasteiger charge is -2.21. The molecule has 0 amide bonds. The molecule has 0 aliphatic heterocycles. The van der Waals surface area contributed by atoms with Gasteiger partial charge in [0.25, 0.3) is 0 Å². The van der Waals surface area contributed by atoms with Crippen molar-refractivity contribution < 1.29 is 0 Å². The van der Waals surface area contributed by atoms with Crippen molar-refractivity contribution in [3.63, 3.8) is 0 Å². The van der Waals surface area contributed by atoms with Gasteiger partial charge in [0.15, 0.2) is 0 Å². The molecule has 1 saturated carbocycles. The van der Waals surface area contributed by atoms with E-state index in [-0.39, 0.29) is 0 Å². The van der Waals surface area contributed by atoms with Crippen LogP contribution < -0.4 is 0 Å². The van der Waals surface area contributed by atoms with E-state index in [0.717, 1.165) is 11.8 Å². The third-order valence-electron chi connectivity index (χ3n) is 3.67. The summed E-state index contributed by atoms with van der Waals surface area (Å²) in [6.45, 7) is 4.45. The summed E-state index contributed by atoms with van der Waals surface area (Å²) in [6, 6.07) is 0. The standard InChI is InChI=1S/C14H26/c1-3-5-9-13(10-6-4-2)14-11-7-8-12-14/h3,5,13-14H,4,6-12H2,1-2H3. The molecule has 14 heavy (non-hydrogen) atoms. The first-order valence-electron chi connectivity index (χ1n) is 6.49. The molecule has 0 aromatic rings. The molecule has 0 bridgehead atoms. The van der Waals surface area contributed by atoms with Crippen LogP contribution in [0.25, 0.3) is 0 Å². The van der Waals surface area contributed by atoms with Crippen molar-refractivity contribution >= 4 is 0 Å². The molecule has 1 unspecified atom stereocenters. The number of allylic oxidation sites excluding steroid dienone is 2. The largest absolute Gasteiger partial charge is 0.0917 e. The third kappa shape index (κ3) is 3.86. The molecule has 0 heterocycles. The van der Waals surface area contributed by atoms with E-state index in [4.69, 9.17) is 0 Å². The van der Waals surface area contributed by atoms with E-state index < -0.39 is 0 Å². The molecule has 82 valence electrons. The minimum Gasteiger partial charge on any atom is -0.0917 e. The van der Waals surface area contributed by atoms with Crippen LogP contribution in [0, 0.1) is 11.8 Å². The van der Waals surface area contributed by atoms with E-state index in [9.17, 15) is 0 Å². The van der Waals surface area contributed by atoms with Gasteiger partial charge in [-0.3, -0.25) is 0 Å². The van der Waals surface area contributed by atoms with Crippen molar-refractivity contribution in [1.82, 2.24) is 0 Å². The maximum atomic E-state index is 2.37. The van der Waals surface area contributed by atoms with Gasteiger partial charge in [-0.1, -0.05) is 57.6 Å². The van der Waals surface area contributed by atoms with Crippen molar-refractivity contribution in [3.05, 3.63) is 12.2 Å². The summed E-state index contributed by atoms with van der Waals surface area (Å²) in [5.41, 5.74) is 0. The van der Waals surface area contributed by atoms with Crippen LogP contribution in [0.3, 0.4) is 0 Å². The predicted molar refractivity (Wildman–Crippen MR) is 64.4 cm³/mol. The monoisotopic (exact) mass is 194 g/mol. The molecule has 0 spiro atoms. The van der Waals surface area contributed by atoms with Crippen molar-refractivity contribution in [2.24, 2.45) is 11.8 Å². The summed E-state index contributed by atoms with van der Waals surface area (Å²) in [5, 5.41) is 0. The van der Waals surface area contributed by atoms with Crippen molar-refractivity contribution in [2.45, 2.75) is 65.2 Å². The summed E-state index contributed by atoms with van der Waals surface area (Å²) in [4.78, 5) is 0. The summed E-state index contributed by atoms with van der Waals surface area (Å²) >= 11 is 0. The van der Waals surface area contributed by atoms with Gasteiger partial charge in [0, 0.05) is 0 Å². The Morgan fingerprint density at radius 3 is 2.57 bits per heavy atom. The van der Waals surface area contributed by atoms with Crippen LogP contribution in [0.5, 0.6) is 0 Å². The van der Waals surface area contributed by atoms with Crippen LogP contribution in [0.15, 0.2) is 12.2 Å². The molecule has 1 aliphatic carbocycles. The van der Waals surface area contributed by atoms with Crippen molar-refractivity contribution in [2.75, 3.05) is 0 Å². The summed E-state index contributed by atoms with van der Waals surface area (Å²) in [5.74, 6) is 2.05. The maximum Gasteiger partial charge on any atom is -0.0320 e. The molecule has 0 aromatic heterocycles. The molecule has 0 saturated heterocycles. The van der Waals surface area contributed by atoms with Crippen LogP contribution >= 0.6 is 0 Å². The van der Waals surface area contributed by atoms with Gasteiger partial charge in [0.2, 0.25) is 0 Å². The zero-order valence-electron chi connectivity index (χ0n) is 9.97. The van der Waals surface area contributed by atoms with E-state index in [1.807, 2.05) is 0 Å². The van der Waals surface area contributed by atoms with E-state index in [0.29, 0.717) is 0 Å². The molecule has 0 N–H and O–H groups in total. The molecular weight excluding hydrogens is 168 g/mol. The minimum absolute atomic E-state index is 0.994. The zero-order chi connectivity index (χ0) is 10.2. The third-order valence-corrected chi connectivity index (χ3v) is 3.67.